The molecule has 0 aliphatic rings. The van der Waals surface area contributed by atoms with Crippen molar-refractivity contribution < 1.29 is 19.4 Å². The molecule has 1 amide bonds. The van der Waals surface area contributed by atoms with Gasteiger partial charge in [-0.1, -0.05) is 54.2 Å². The van der Waals surface area contributed by atoms with Crippen molar-refractivity contribution in [3.05, 3.63) is 90.0 Å². The Morgan fingerprint density at radius 3 is 2.38 bits per heavy atom. The van der Waals surface area contributed by atoms with Gasteiger partial charge in [-0.2, -0.15) is 0 Å². The normalized spacial score (nSPS) is 10.6. The molecule has 0 spiro atoms. The lowest BCUT2D eigenvalue weighted by Gasteiger charge is -2.11. The first kappa shape index (κ1) is 23.1. The van der Waals surface area contributed by atoms with E-state index in [0.29, 0.717) is 34.3 Å². The van der Waals surface area contributed by atoms with Gasteiger partial charge in [0.2, 0.25) is 5.91 Å². The van der Waals surface area contributed by atoms with Crippen LogP contribution >= 0.6 is 11.8 Å². The fourth-order valence-electron chi connectivity index (χ4n) is 3.30. The second-order valence-electron chi connectivity index (χ2n) is 7.30. The Kier molecular flexibility index (Phi) is 7.24. The van der Waals surface area contributed by atoms with Gasteiger partial charge in [0, 0.05) is 5.69 Å². The van der Waals surface area contributed by atoms with Crippen LogP contribution in [0.25, 0.3) is 11.4 Å². The molecule has 1 aromatic heterocycles. The number of ether oxygens (including phenoxy) is 1. The molecule has 0 saturated heterocycles. The number of phenolic OH excluding ortho intramolecular Hbond substituents is 1. The van der Waals surface area contributed by atoms with Gasteiger partial charge < -0.3 is 15.2 Å². The fourth-order valence-corrected chi connectivity index (χ4v) is 4.04. The lowest BCUT2D eigenvalue weighted by Crippen LogP contribution is -2.15. The van der Waals surface area contributed by atoms with E-state index in [0.717, 1.165) is 5.56 Å². The first-order valence-electron chi connectivity index (χ1n) is 10.4. The number of benzene rings is 3. The summed E-state index contributed by atoms with van der Waals surface area (Å²) in [4.78, 5) is 24.1. The number of aromatic nitrogens is 3. The van der Waals surface area contributed by atoms with Gasteiger partial charge in [0.05, 0.1) is 30.5 Å². The molecule has 1 heterocycles. The SMILES string of the molecule is COC(=O)c1ccc(NC(=O)CSc2nnc(-c3ccccc3O)n2Cc2ccccc2)cc1. The Morgan fingerprint density at radius 2 is 1.68 bits per heavy atom. The molecule has 4 rings (SSSR count). The van der Waals surface area contributed by atoms with Crippen molar-refractivity contribution in [1.82, 2.24) is 14.8 Å². The number of aromatic hydroxyl groups is 1. The molecule has 9 heteroatoms. The zero-order chi connectivity index (χ0) is 23.9. The van der Waals surface area contributed by atoms with Gasteiger partial charge in [0.25, 0.3) is 0 Å². The molecule has 2 N–H and O–H groups in total. The van der Waals surface area contributed by atoms with Crippen LogP contribution in [0.5, 0.6) is 5.75 Å². The lowest BCUT2D eigenvalue weighted by atomic mass is 10.1. The van der Waals surface area contributed by atoms with Crippen molar-refractivity contribution in [3.8, 4) is 17.1 Å². The highest BCUT2D eigenvalue weighted by atomic mass is 32.2. The molecule has 0 aliphatic carbocycles. The summed E-state index contributed by atoms with van der Waals surface area (Å²) in [5, 5.41) is 22.3. The summed E-state index contributed by atoms with van der Waals surface area (Å²) in [5.41, 5.74) is 2.57. The molecule has 34 heavy (non-hydrogen) atoms. The molecule has 0 unspecified atom stereocenters. The molecular weight excluding hydrogens is 452 g/mol. The Balaban J connectivity index is 1.50. The number of methoxy groups -OCH3 is 1. The van der Waals surface area contributed by atoms with Gasteiger partial charge in [0.1, 0.15) is 5.75 Å². The second kappa shape index (κ2) is 10.7. The minimum Gasteiger partial charge on any atom is -0.507 e. The number of hydrogen-bond donors (Lipinski definition) is 2. The van der Waals surface area contributed by atoms with Crippen LogP contribution in [0.15, 0.2) is 84.0 Å². The van der Waals surface area contributed by atoms with Crippen molar-refractivity contribution in [2.75, 3.05) is 18.2 Å². The predicted octanol–water partition coefficient (Wildman–Crippen LogP) is 4.22. The van der Waals surface area contributed by atoms with Crippen LogP contribution in [-0.2, 0) is 16.1 Å². The molecule has 0 fully saturated rings. The zero-order valence-electron chi connectivity index (χ0n) is 18.3. The summed E-state index contributed by atoms with van der Waals surface area (Å²) < 4.78 is 6.56. The maximum atomic E-state index is 12.5. The standard InChI is InChI=1S/C25H22N4O4S/c1-33-24(32)18-11-13-19(14-12-18)26-22(31)16-34-25-28-27-23(20-9-5-6-10-21(20)30)29(25)15-17-7-3-2-4-8-17/h2-14,30H,15-16H2,1H3,(H,26,31). The van der Waals surface area contributed by atoms with Crippen LogP contribution in [0.3, 0.4) is 0 Å². The number of nitrogens with one attached hydrogen (secondary N) is 1. The third-order valence-electron chi connectivity index (χ3n) is 4.97. The maximum absolute atomic E-state index is 12.5. The molecule has 0 saturated carbocycles. The van der Waals surface area contributed by atoms with Crippen LogP contribution < -0.4 is 5.32 Å². The average Bonchev–Trinajstić information content (AvgIpc) is 3.25. The molecule has 0 bridgehead atoms. The topological polar surface area (TPSA) is 106 Å². The summed E-state index contributed by atoms with van der Waals surface area (Å²) in [5.74, 6) is 0.0599. The zero-order valence-corrected chi connectivity index (χ0v) is 19.2. The third-order valence-corrected chi connectivity index (χ3v) is 5.93. The van der Waals surface area contributed by atoms with E-state index in [1.54, 1.807) is 42.5 Å². The molecule has 3 aromatic carbocycles. The summed E-state index contributed by atoms with van der Waals surface area (Å²) >= 11 is 1.25. The number of amides is 1. The summed E-state index contributed by atoms with van der Waals surface area (Å²) in [6.45, 7) is 0.483. The van der Waals surface area contributed by atoms with Crippen LogP contribution in [-0.4, -0.2) is 44.6 Å². The van der Waals surface area contributed by atoms with E-state index in [-0.39, 0.29) is 17.4 Å². The number of hydrogen-bond acceptors (Lipinski definition) is 7. The third kappa shape index (κ3) is 5.44. The van der Waals surface area contributed by atoms with Crippen LogP contribution in [0, 0.1) is 0 Å². The van der Waals surface area contributed by atoms with Gasteiger partial charge in [-0.25, -0.2) is 4.79 Å². The van der Waals surface area contributed by atoms with Crippen LogP contribution in [0.2, 0.25) is 0 Å². The first-order chi connectivity index (χ1) is 16.5. The monoisotopic (exact) mass is 474 g/mol. The quantitative estimate of drug-likeness (QED) is 0.291. The highest BCUT2D eigenvalue weighted by Gasteiger charge is 2.18. The van der Waals surface area contributed by atoms with E-state index in [1.165, 1.54) is 18.9 Å². The van der Waals surface area contributed by atoms with Gasteiger partial charge in [-0.05, 0) is 42.0 Å². The summed E-state index contributed by atoms with van der Waals surface area (Å²) in [7, 11) is 1.32. The van der Waals surface area contributed by atoms with Crippen molar-refractivity contribution in [3.63, 3.8) is 0 Å². The summed E-state index contributed by atoms with van der Waals surface area (Å²) in [6, 6.07) is 23.2. The number of carbonyl (C=O) groups is 2. The largest absolute Gasteiger partial charge is 0.507 e. The highest BCUT2D eigenvalue weighted by Crippen LogP contribution is 2.30. The van der Waals surface area contributed by atoms with Crippen molar-refractivity contribution in [2.45, 2.75) is 11.7 Å². The van der Waals surface area contributed by atoms with E-state index in [4.69, 9.17) is 0 Å². The van der Waals surface area contributed by atoms with E-state index < -0.39 is 5.97 Å². The molecule has 172 valence electrons. The smallest absolute Gasteiger partial charge is 0.337 e. The van der Waals surface area contributed by atoms with Crippen molar-refractivity contribution in [2.24, 2.45) is 0 Å². The number of nitrogens with zero attached hydrogens (tertiary/aromatic N) is 3. The molecule has 0 radical (unpaired) electrons. The Hall–Kier alpha value is -4.11. The Labute approximate surface area is 200 Å². The van der Waals surface area contributed by atoms with Crippen LogP contribution in [0.4, 0.5) is 5.69 Å². The maximum Gasteiger partial charge on any atom is 0.337 e. The van der Waals surface area contributed by atoms with Gasteiger partial charge in [-0.3, -0.25) is 9.36 Å². The molecule has 8 nitrogen and oxygen atoms in total. The average molecular weight is 475 g/mol. The van der Waals surface area contributed by atoms with Crippen LogP contribution in [0.1, 0.15) is 15.9 Å². The number of anilines is 1. The fraction of sp³-hybridized carbons (Fsp3) is 0.120. The number of esters is 1. The number of para-hydroxylation sites is 1. The van der Waals surface area contributed by atoms with E-state index in [2.05, 4.69) is 20.3 Å². The van der Waals surface area contributed by atoms with E-state index in [9.17, 15) is 14.7 Å². The Bertz CT molecular complexity index is 1290. The number of carbonyl (C=O) groups excluding carboxylic acids is 2. The molecule has 4 aromatic rings. The van der Waals surface area contributed by atoms with Gasteiger partial charge in [-0.15, -0.1) is 10.2 Å². The molecule has 0 aliphatic heterocycles. The van der Waals surface area contributed by atoms with Gasteiger partial charge >= 0.3 is 5.97 Å². The first-order valence-corrected chi connectivity index (χ1v) is 11.4. The predicted molar refractivity (Wildman–Crippen MR) is 130 cm³/mol. The number of phenols is 1. The van der Waals surface area contributed by atoms with Crippen molar-refractivity contribution in [1.29, 1.82) is 0 Å². The highest BCUT2D eigenvalue weighted by molar-refractivity contribution is 7.99. The van der Waals surface area contributed by atoms with E-state index in [1.807, 2.05) is 41.0 Å². The Morgan fingerprint density at radius 1 is 0.971 bits per heavy atom. The number of thioether (sulfide) groups is 1. The number of rotatable bonds is 8. The minimum absolute atomic E-state index is 0.104. The van der Waals surface area contributed by atoms with Gasteiger partial charge in [0.15, 0.2) is 11.0 Å². The molecule has 0 atom stereocenters. The lowest BCUT2D eigenvalue weighted by molar-refractivity contribution is -0.113. The van der Waals surface area contributed by atoms with E-state index >= 15 is 0 Å². The van der Waals surface area contributed by atoms with Crippen molar-refractivity contribution >= 4 is 29.3 Å². The molecular formula is C25H22N4O4S. The summed E-state index contributed by atoms with van der Waals surface area (Å²) in [6.07, 6.45) is 0. The second-order valence-corrected chi connectivity index (χ2v) is 8.24. The minimum atomic E-state index is -0.438.